The molecule has 0 bridgehead atoms. The number of amides is 1. The van der Waals surface area contributed by atoms with E-state index >= 15 is 0 Å². The summed E-state index contributed by atoms with van der Waals surface area (Å²) in [7, 11) is -4.03. The largest absolute Gasteiger partial charge is 0.443 e. The van der Waals surface area contributed by atoms with Crippen LogP contribution in [0.15, 0.2) is 36.4 Å². The van der Waals surface area contributed by atoms with E-state index in [9.17, 15) is 18.0 Å². The highest BCUT2D eigenvalue weighted by atomic mass is 35.5. The van der Waals surface area contributed by atoms with Crippen LogP contribution in [0.2, 0.25) is 0 Å². The van der Waals surface area contributed by atoms with Gasteiger partial charge in [-0.1, -0.05) is 12.5 Å². The molecule has 0 radical (unpaired) electrons. The second-order valence-electron chi connectivity index (χ2n) is 11.0. The predicted molar refractivity (Wildman–Crippen MR) is 150 cm³/mol. The van der Waals surface area contributed by atoms with Gasteiger partial charge in [-0.05, 0) is 82.6 Å². The van der Waals surface area contributed by atoms with E-state index in [0.717, 1.165) is 30.6 Å². The van der Waals surface area contributed by atoms with Crippen LogP contribution in [0.3, 0.4) is 0 Å². The molecule has 1 aromatic heterocycles. The number of benzene rings is 2. The van der Waals surface area contributed by atoms with Crippen LogP contribution in [-0.2, 0) is 27.9 Å². The number of carbonyl (C=O) groups excluding carboxylic acids is 2. The van der Waals surface area contributed by atoms with E-state index in [1.807, 2.05) is 18.2 Å². The van der Waals surface area contributed by atoms with Gasteiger partial charge in [0.1, 0.15) is 11.4 Å². The van der Waals surface area contributed by atoms with Crippen LogP contribution in [0.5, 0.6) is 5.75 Å². The van der Waals surface area contributed by atoms with Gasteiger partial charge >= 0.3 is 16.2 Å². The summed E-state index contributed by atoms with van der Waals surface area (Å²) in [5.74, 6) is -0.364. The molecule has 11 heteroatoms. The van der Waals surface area contributed by atoms with E-state index in [-0.39, 0.29) is 23.8 Å². The second kappa shape index (κ2) is 10.5. The predicted octanol–water partition coefficient (Wildman–Crippen LogP) is 5.23. The Hall–Kier alpha value is -3.08. The van der Waals surface area contributed by atoms with Crippen LogP contribution in [-0.4, -0.2) is 53.8 Å². The van der Waals surface area contributed by atoms with Crippen molar-refractivity contribution in [1.82, 2.24) is 14.8 Å². The Morgan fingerprint density at radius 3 is 2.51 bits per heavy atom. The third kappa shape index (κ3) is 5.78. The molecule has 5 rings (SSSR count). The molecule has 3 heterocycles. The lowest BCUT2D eigenvalue weighted by atomic mass is 9.99. The lowest BCUT2D eigenvalue weighted by Gasteiger charge is -2.26. The van der Waals surface area contributed by atoms with E-state index in [4.69, 9.17) is 20.5 Å². The van der Waals surface area contributed by atoms with Gasteiger partial charge in [-0.15, -0.1) is 11.6 Å². The fourth-order valence-electron chi connectivity index (χ4n) is 5.21. The number of nitrogens with zero attached hydrogens (tertiary/aromatic N) is 2. The van der Waals surface area contributed by atoms with Crippen molar-refractivity contribution in [1.29, 1.82) is 0 Å². The third-order valence-corrected chi connectivity index (χ3v) is 8.35. The number of aromatic nitrogens is 1. The molecule has 1 N–H and O–H groups in total. The van der Waals surface area contributed by atoms with Gasteiger partial charge in [-0.2, -0.15) is 8.42 Å². The summed E-state index contributed by atoms with van der Waals surface area (Å²) in [6.07, 6.45) is 3.08. The summed E-state index contributed by atoms with van der Waals surface area (Å²) in [6.45, 7) is 8.42. The number of carbonyl (C=O) groups is 2. The Kier molecular flexibility index (Phi) is 7.39. The zero-order valence-corrected chi connectivity index (χ0v) is 23.8. The summed E-state index contributed by atoms with van der Waals surface area (Å²) >= 11 is 5.52. The molecule has 0 spiro atoms. The van der Waals surface area contributed by atoms with Crippen molar-refractivity contribution in [2.45, 2.75) is 58.7 Å². The second-order valence-corrected chi connectivity index (χ2v) is 13.1. The Balaban J connectivity index is 1.64. The van der Waals surface area contributed by atoms with Crippen molar-refractivity contribution in [3.8, 4) is 17.0 Å². The third-order valence-electron chi connectivity index (χ3n) is 6.85. The van der Waals surface area contributed by atoms with Crippen LogP contribution in [0.1, 0.15) is 61.5 Å². The highest BCUT2D eigenvalue weighted by Crippen LogP contribution is 2.38. The number of halogens is 1. The zero-order valence-electron chi connectivity index (χ0n) is 22.3. The Morgan fingerprint density at radius 1 is 1.08 bits per heavy atom. The first-order valence-electron chi connectivity index (χ1n) is 13.0. The fraction of sp³-hybridized carbons (Fsp3) is 0.429. The molecule has 2 aliphatic heterocycles. The first-order valence-corrected chi connectivity index (χ1v) is 15.1. The molecule has 0 saturated carbocycles. The van der Waals surface area contributed by atoms with Crippen molar-refractivity contribution in [2.75, 3.05) is 18.3 Å². The maximum absolute atomic E-state index is 13.5. The van der Waals surface area contributed by atoms with Gasteiger partial charge in [0.25, 0.3) is 5.91 Å². The van der Waals surface area contributed by atoms with Crippen molar-refractivity contribution < 1.29 is 26.9 Å². The summed E-state index contributed by atoms with van der Waals surface area (Å²) in [5.41, 5.74) is 2.61. The number of hydrogen-bond donors (Lipinski definition) is 1. The van der Waals surface area contributed by atoms with Gasteiger partial charge in [0.15, 0.2) is 5.21 Å². The van der Waals surface area contributed by atoms with Gasteiger partial charge in [-0.3, -0.25) is 9.69 Å². The summed E-state index contributed by atoms with van der Waals surface area (Å²) in [5, 5.41) is 2.85. The minimum atomic E-state index is -4.03. The highest BCUT2D eigenvalue weighted by molar-refractivity contribution is 7.88. The van der Waals surface area contributed by atoms with Crippen molar-refractivity contribution in [3.63, 3.8) is 0 Å². The summed E-state index contributed by atoms with van der Waals surface area (Å²) < 4.78 is 36.5. The number of fused-ring (bicyclic) bond motifs is 2. The van der Waals surface area contributed by atoms with Crippen LogP contribution in [0.4, 0.5) is 4.79 Å². The normalized spacial score (nSPS) is 16.3. The van der Waals surface area contributed by atoms with Gasteiger partial charge < -0.3 is 14.2 Å². The molecule has 2 aromatic carbocycles. The molecule has 1 saturated heterocycles. The molecule has 0 atom stereocenters. The molecule has 39 heavy (non-hydrogen) atoms. The van der Waals surface area contributed by atoms with Crippen molar-refractivity contribution >= 4 is 44.6 Å². The molecule has 0 unspecified atom stereocenters. The molecule has 3 aromatic rings. The van der Waals surface area contributed by atoms with Gasteiger partial charge in [-0.25, -0.2) is 9.36 Å². The smallest absolute Gasteiger partial charge is 0.419 e. The molecular formula is C28H32ClN3O6S. The molecular weight excluding hydrogens is 542 g/mol. The number of nitrogens with one attached hydrogen (secondary N) is 1. The molecule has 9 nitrogen and oxygen atoms in total. The SMILES string of the molecule is CC(C)(C)OC(=O)n1c(-c2ccc(OS(=O)(=O)CCl)c3c2C(=O)NC3)cc2cc(CN3CCCCC3)ccc21. The van der Waals surface area contributed by atoms with Crippen LogP contribution < -0.4 is 9.50 Å². The number of ether oxygens (including phenoxy) is 1. The first kappa shape index (κ1) is 27.5. The molecule has 2 aliphatic rings. The van der Waals surface area contributed by atoms with Crippen LogP contribution in [0, 0.1) is 0 Å². The lowest BCUT2D eigenvalue weighted by molar-refractivity contribution is 0.0547. The number of piperidine rings is 1. The monoisotopic (exact) mass is 573 g/mol. The number of hydrogen-bond acceptors (Lipinski definition) is 7. The summed E-state index contributed by atoms with van der Waals surface area (Å²) in [4.78, 5) is 28.9. The standard InChI is InChI=1S/C28H32ClN3O6S/c1-28(2,3)37-27(34)32-22-9-7-18(16-31-11-5-4-6-12-31)13-19(22)14-23(32)20-8-10-24(38-39(35,36)17-29)21-15-30-26(33)25(20)21/h7-10,13-14H,4-6,11-12,15-17H2,1-3H3,(H,30,33). The Bertz CT molecular complexity index is 1550. The molecule has 1 amide bonds. The summed E-state index contributed by atoms with van der Waals surface area (Å²) in [6, 6.07) is 10.9. The Morgan fingerprint density at radius 2 is 1.82 bits per heavy atom. The van der Waals surface area contributed by atoms with Gasteiger partial charge in [0, 0.05) is 29.6 Å². The fourth-order valence-corrected chi connectivity index (χ4v) is 5.82. The van der Waals surface area contributed by atoms with E-state index in [2.05, 4.69) is 16.3 Å². The minimum absolute atomic E-state index is 0.0245. The number of rotatable bonds is 6. The van der Waals surface area contributed by atoms with E-state index in [1.54, 1.807) is 26.8 Å². The van der Waals surface area contributed by atoms with Crippen molar-refractivity contribution in [3.05, 3.63) is 53.1 Å². The van der Waals surface area contributed by atoms with Crippen LogP contribution in [0.25, 0.3) is 22.2 Å². The maximum atomic E-state index is 13.5. The zero-order chi connectivity index (χ0) is 27.9. The van der Waals surface area contributed by atoms with Crippen LogP contribution >= 0.6 is 11.6 Å². The van der Waals surface area contributed by atoms with E-state index in [0.29, 0.717) is 22.3 Å². The highest BCUT2D eigenvalue weighted by Gasteiger charge is 2.32. The number of alkyl halides is 1. The van der Waals surface area contributed by atoms with Gasteiger partial charge in [0.05, 0.1) is 16.8 Å². The topological polar surface area (TPSA) is 107 Å². The quantitative estimate of drug-likeness (QED) is 0.318. The minimum Gasteiger partial charge on any atom is -0.443 e. The maximum Gasteiger partial charge on any atom is 0.419 e. The molecule has 1 fully saturated rings. The molecule has 208 valence electrons. The average Bonchev–Trinajstić information content (AvgIpc) is 3.45. The number of likely N-dealkylation sites (tertiary alicyclic amines) is 1. The van der Waals surface area contributed by atoms with E-state index in [1.165, 1.54) is 29.9 Å². The molecule has 0 aliphatic carbocycles. The van der Waals surface area contributed by atoms with E-state index < -0.39 is 27.0 Å². The Labute approximate surface area is 233 Å². The average molecular weight is 574 g/mol. The lowest BCUT2D eigenvalue weighted by Crippen LogP contribution is -2.29. The van der Waals surface area contributed by atoms with Gasteiger partial charge in [0.2, 0.25) is 0 Å². The van der Waals surface area contributed by atoms with Crippen molar-refractivity contribution in [2.24, 2.45) is 0 Å². The first-order chi connectivity index (χ1) is 18.5.